The summed E-state index contributed by atoms with van der Waals surface area (Å²) in [6.07, 6.45) is -0.433. The Morgan fingerprint density at radius 1 is 1.06 bits per heavy atom. The van der Waals surface area contributed by atoms with Gasteiger partial charge in [0, 0.05) is 29.2 Å². The first-order chi connectivity index (χ1) is 15.1. The lowest BCUT2D eigenvalue weighted by Gasteiger charge is -2.30. The highest BCUT2D eigenvalue weighted by Crippen LogP contribution is 2.25. The summed E-state index contributed by atoms with van der Waals surface area (Å²) in [6, 6.07) is 11.8. The maximum absolute atomic E-state index is 12.8. The molecule has 1 heterocycles. The van der Waals surface area contributed by atoms with Gasteiger partial charge in [0.2, 0.25) is 21.7 Å². The van der Waals surface area contributed by atoms with Gasteiger partial charge in [-0.05, 0) is 56.2 Å². The van der Waals surface area contributed by atoms with Crippen molar-refractivity contribution < 1.29 is 27.5 Å². The molecule has 1 amide bonds. The van der Waals surface area contributed by atoms with Gasteiger partial charge < -0.3 is 10.5 Å². The fourth-order valence-corrected chi connectivity index (χ4v) is 5.13. The number of carbonyl (C=O) groups excluding carboxylic acids is 3. The van der Waals surface area contributed by atoms with E-state index in [1.54, 1.807) is 18.2 Å². The molecule has 1 saturated heterocycles. The Hall–Kier alpha value is -2.75. The number of hydrogen-bond donors (Lipinski definition) is 1. The molecule has 3 rings (SSSR count). The van der Waals surface area contributed by atoms with Crippen molar-refractivity contribution in [3.05, 3.63) is 64.7 Å². The third-order valence-electron chi connectivity index (χ3n) is 5.34. The Balaban J connectivity index is 1.58. The second-order valence-corrected chi connectivity index (χ2v) is 9.90. The highest BCUT2D eigenvalue weighted by Gasteiger charge is 2.34. The van der Waals surface area contributed by atoms with Crippen LogP contribution in [0.4, 0.5) is 0 Å². The summed E-state index contributed by atoms with van der Waals surface area (Å²) in [6.45, 7) is 1.77. The molecule has 0 aromatic heterocycles. The van der Waals surface area contributed by atoms with Crippen molar-refractivity contribution in [2.45, 2.75) is 30.8 Å². The monoisotopic (exact) mass is 478 g/mol. The van der Waals surface area contributed by atoms with E-state index in [1.165, 1.54) is 41.6 Å². The number of sulfonamides is 1. The van der Waals surface area contributed by atoms with Crippen LogP contribution in [0.1, 0.15) is 40.5 Å². The quantitative estimate of drug-likeness (QED) is 0.482. The van der Waals surface area contributed by atoms with E-state index in [1.807, 2.05) is 0 Å². The van der Waals surface area contributed by atoms with Crippen LogP contribution in [0.2, 0.25) is 5.02 Å². The highest BCUT2D eigenvalue weighted by molar-refractivity contribution is 7.89. The van der Waals surface area contributed by atoms with Gasteiger partial charge in [0.25, 0.3) is 0 Å². The average Bonchev–Trinajstić information content (AvgIpc) is 2.78. The number of ether oxygens (including phenoxy) is 1. The molecule has 0 bridgehead atoms. The lowest BCUT2D eigenvalue weighted by Crippen LogP contribution is -2.41. The summed E-state index contributed by atoms with van der Waals surface area (Å²) < 4.78 is 32.3. The lowest BCUT2D eigenvalue weighted by molar-refractivity contribution is -0.152. The first kappa shape index (κ1) is 23.9. The summed E-state index contributed by atoms with van der Waals surface area (Å²) >= 11 is 5.90. The molecule has 0 unspecified atom stereocenters. The van der Waals surface area contributed by atoms with Crippen molar-refractivity contribution in [2.75, 3.05) is 13.1 Å². The van der Waals surface area contributed by atoms with Gasteiger partial charge in [-0.1, -0.05) is 23.7 Å². The number of ketones is 1. The molecule has 2 aromatic rings. The van der Waals surface area contributed by atoms with Crippen LogP contribution >= 0.6 is 11.6 Å². The van der Waals surface area contributed by atoms with Crippen molar-refractivity contribution >= 4 is 39.3 Å². The summed E-state index contributed by atoms with van der Waals surface area (Å²) in [7, 11) is -3.77. The van der Waals surface area contributed by atoms with E-state index in [0.29, 0.717) is 10.6 Å². The summed E-state index contributed by atoms with van der Waals surface area (Å²) in [5, 5.41) is 0.409. The number of amides is 1. The number of nitrogens with two attached hydrogens (primary N) is 1. The van der Waals surface area contributed by atoms with Crippen molar-refractivity contribution in [1.29, 1.82) is 0 Å². The number of halogens is 1. The maximum Gasteiger partial charge on any atom is 0.309 e. The van der Waals surface area contributed by atoms with Crippen molar-refractivity contribution in [1.82, 2.24) is 4.31 Å². The van der Waals surface area contributed by atoms with E-state index in [9.17, 15) is 22.8 Å². The van der Waals surface area contributed by atoms with Gasteiger partial charge in [-0.3, -0.25) is 14.4 Å². The van der Waals surface area contributed by atoms with Gasteiger partial charge in [-0.25, -0.2) is 8.42 Å². The van der Waals surface area contributed by atoms with Crippen LogP contribution in [0, 0.1) is 5.92 Å². The molecule has 2 aromatic carbocycles. The van der Waals surface area contributed by atoms with E-state index in [0.717, 1.165) is 0 Å². The molecular weight excluding hydrogens is 456 g/mol. The number of carbonyl (C=O) groups is 3. The molecule has 0 saturated carbocycles. The van der Waals surface area contributed by atoms with Crippen molar-refractivity contribution in [3.8, 4) is 0 Å². The number of rotatable bonds is 7. The molecule has 1 aliphatic heterocycles. The van der Waals surface area contributed by atoms with Crippen LogP contribution < -0.4 is 5.73 Å². The number of piperidine rings is 1. The number of Topliss-reactive ketones (excluding diaryl/α,β-unsaturated/α-hetero) is 1. The topological polar surface area (TPSA) is 124 Å². The number of nitrogens with zero attached hydrogens (tertiary/aromatic N) is 1. The van der Waals surface area contributed by atoms with Crippen LogP contribution in [0.15, 0.2) is 53.4 Å². The van der Waals surface area contributed by atoms with Gasteiger partial charge >= 0.3 is 5.97 Å². The molecule has 32 heavy (non-hydrogen) atoms. The zero-order chi connectivity index (χ0) is 23.5. The van der Waals surface area contributed by atoms with E-state index in [4.69, 9.17) is 22.1 Å². The zero-order valence-electron chi connectivity index (χ0n) is 17.4. The standard InChI is InChI=1S/C22H23ClN2O6S/c1-14(20(26)17-3-2-4-18(23)13-17)31-22(28)16-9-11-25(12-10-16)32(29,30)19-7-5-15(6-8-19)21(24)27/h2-8,13-14,16H,9-12H2,1H3,(H2,24,27)/t14-/m0/s1. The van der Waals surface area contributed by atoms with E-state index in [-0.39, 0.29) is 42.2 Å². The minimum atomic E-state index is -3.77. The Bertz CT molecular complexity index is 1130. The van der Waals surface area contributed by atoms with E-state index >= 15 is 0 Å². The lowest BCUT2D eigenvalue weighted by atomic mass is 9.98. The van der Waals surface area contributed by atoms with Gasteiger partial charge in [0.15, 0.2) is 6.10 Å². The van der Waals surface area contributed by atoms with Crippen molar-refractivity contribution in [3.63, 3.8) is 0 Å². The van der Waals surface area contributed by atoms with Crippen LogP contribution in [0.25, 0.3) is 0 Å². The Morgan fingerprint density at radius 2 is 1.69 bits per heavy atom. The third-order valence-corrected chi connectivity index (χ3v) is 7.48. The van der Waals surface area contributed by atoms with Crippen LogP contribution in [-0.2, 0) is 19.6 Å². The minimum Gasteiger partial charge on any atom is -0.454 e. The number of esters is 1. The Morgan fingerprint density at radius 3 is 2.25 bits per heavy atom. The predicted molar refractivity (Wildman–Crippen MR) is 118 cm³/mol. The maximum atomic E-state index is 12.8. The molecule has 0 radical (unpaired) electrons. The van der Waals surface area contributed by atoms with E-state index in [2.05, 4.69) is 0 Å². The van der Waals surface area contributed by atoms with E-state index < -0.39 is 33.9 Å². The summed E-state index contributed by atoms with van der Waals surface area (Å²) in [5.74, 6) is -2.04. The molecule has 1 fully saturated rings. The SMILES string of the molecule is C[C@H](OC(=O)C1CCN(S(=O)(=O)c2ccc(C(N)=O)cc2)CC1)C(=O)c1cccc(Cl)c1. The molecule has 1 aliphatic rings. The largest absolute Gasteiger partial charge is 0.454 e. The Kier molecular flexibility index (Phi) is 7.33. The molecule has 8 nitrogen and oxygen atoms in total. The van der Waals surface area contributed by atoms with Crippen LogP contribution in [-0.4, -0.2) is 49.6 Å². The van der Waals surface area contributed by atoms with Gasteiger partial charge in [0.05, 0.1) is 10.8 Å². The first-order valence-electron chi connectivity index (χ1n) is 10.00. The average molecular weight is 479 g/mol. The first-order valence-corrected chi connectivity index (χ1v) is 11.8. The molecule has 170 valence electrons. The summed E-state index contributed by atoms with van der Waals surface area (Å²) in [5.41, 5.74) is 5.75. The predicted octanol–water partition coefficient (Wildman–Crippen LogP) is 2.65. The van der Waals surface area contributed by atoms with Crippen molar-refractivity contribution in [2.24, 2.45) is 11.7 Å². The fourth-order valence-electron chi connectivity index (χ4n) is 3.47. The van der Waals surface area contributed by atoms with Gasteiger partial charge in [-0.15, -0.1) is 0 Å². The zero-order valence-corrected chi connectivity index (χ0v) is 18.9. The molecule has 0 spiro atoms. The highest BCUT2D eigenvalue weighted by atomic mass is 35.5. The number of benzene rings is 2. The number of hydrogen-bond acceptors (Lipinski definition) is 6. The number of primary amides is 1. The molecule has 1 atom stereocenters. The molecule has 2 N–H and O–H groups in total. The Labute approximate surface area is 191 Å². The molecule has 10 heteroatoms. The fraction of sp³-hybridized carbons (Fsp3) is 0.318. The van der Waals surface area contributed by atoms with Gasteiger partial charge in [-0.2, -0.15) is 4.31 Å². The second kappa shape index (κ2) is 9.81. The summed E-state index contributed by atoms with van der Waals surface area (Å²) in [4.78, 5) is 36.2. The van der Waals surface area contributed by atoms with Crippen LogP contribution in [0.5, 0.6) is 0 Å². The van der Waals surface area contributed by atoms with Crippen LogP contribution in [0.3, 0.4) is 0 Å². The normalized spacial score (nSPS) is 16.3. The van der Waals surface area contributed by atoms with Gasteiger partial charge in [0.1, 0.15) is 0 Å². The third kappa shape index (κ3) is 5.35. The smallest absolute Gasteiger partial charge is 0.309 e. The minimum absolute atomic E-state index is 0.0456. The molecular formula is C22H23ClN2O6S. The second-order valence-electron chi connectivity index (χ2n) is 7.52. The molecule has 0 aliphatic carbocycles.